The quantitative estimate of drug-likeness (QED) is 0.0125. The summed E-state index contributed by atoms with van der Waals surface area (Å²) < 4.78 is -1.42. The number of hydrogen-bond acceptors (Lipinski definition) is 24. The number of aliphatic carboxylic acids is 1. The molecule has 0 fully saturated rings. The van der Waals surface area contributed by atoms with E-state index in [1.165, 1.54) is 38.1 Å². The molecular formula is C61H109N23O16S2. The second-order valence-electron chi connectivity index (χ2n) is 24.6. The molecule has 34 N–H and O–H groups in total. The Kier molecular flexibility index (Phi) is 43.0. The summed E-state index contributed by atoms with van der Waals surface area (Å²) in [5.41, 5.74) is 57.4. The molecule has 0 unspecified atom stereocenters. The lowest BCUT2D eigenvalue weighted by molar-refractivity contribution is -0.142. The number of aliphatic hydroxyl groups excluding tert-OH is 1. The Morgan fingerprint density at radius 2 is 0.833 bits per heavy atom. The molecule has 1 aromatic rings. The number of carbonyl (C=O) groups excluding carboxylic acids is 12. The van der Waals surface area contributed by atoms with Gasteiger partial charge in [0.25, 0.3) is 0 Å². The average molecular weight is 1480 g/mol. The van der Waals surface area contributed by atoms with E-state index in [0.29, 0.717) is 24.8 Å². The maximum Gasteiger partial charge on any atom is 0.326 e. The number of carboxylic acid groups (broad SMARTS) is 1. The molecule has 0 bridgehead atoms. The third-order valence-electron chi connectivity index (χ3n) is 15.4. The van der Waals surface area contributed by atoms with Gasteiger partial charge in [0, 0.05) is 23.6 Å². The Morgan fingerprint density at radius 3 is 1.23 bits per heavy atom. The number of carbonyl (C=O) groups is 13. The van der Waals surface area contributed by atoms with Crippen molar-refractivity contribution in [2.24, 2.45) is 67.3 Å². The minimum atomic E-state index is -1.89. The van der Waals surface area contributed by atoms with Crippen molar-refractivity contribution in [3.63, 3.8) is 0 Å². The van der Waals surface area contributed by atoms with Crippen molar-refractivity contribution in [3.05, 3.63) is 29.8 Å². The highest BCUT2D eigenvalue weighted by Crippen LogP contribution is 2.20. The minimum absolute atomic E-state index is 0.00312. The summed E-state index contributed by atoms with van der Waals surface area (Å²) in [4.78, 5) is 186. The van der Waals surface area contributed by atoms with E-state index in [2.05, 4.69) is 93.7 Å². The molecule has 0 aliphatic carbocycles. The third kappa shape index (κ3) is 35.1. The number of primary amides is 1. The molecule has 13 atom stereocenters. The highest BCUT2D eigenvalue weighted by atomic mass is 32.1. The second kappa shape index (κ2) is 48.1. The standard InChI is InChI=1S/C61H109N23O16S2/c1-5-6-11-41(58(99)100)80-49(90)37(14-10-27-73-60(70)71)75-51(92)39(20-24-64)79-57(98)46(61(3,4)102)84-53(94)35(12-7-8-22-62)74-50(91)38(19-23-63)78-56(97)45(31(2)85)83-52(93)40(21-25-65)77-48(89)36(13-9-26-72-59(68)69)76-54(95)42(29-44(67)87)81-55(96)43(30-101)82-47(88)34(66)28-32-15-17-33(86)18-16-32/h15-18,31,34-43,45-46,85-86,101-102H,5-14,19-30,62-66H2,1-4H3,(H2,67,87)(H,74,91)(H,75,92)(H,76,95)(H,77,89)(H,78,97)(H,79,98)(H,80,90)(H,81,96)(H,82,88)(H,83,93)(H,84,94)(H,99,100)(H4,68,69,72)(H4,70,71,73)/t31-,34+,35+,36+,37+,38-,39+,40+,41+,42+,43+,45+,46-/m1/s1. The molecule has 0 saturated carbocycles. The van der Waals surface area contributed by atoms with Gasteiger partial charge < -0.3 is 131 Å². The van der Waals surface area contributed by atoms with E-state index in [1.54, 1.807) is 0 Å². The van der Waals surface area contributed by atoms with Crippen LogP contribution in [-0.2, 0) is 68.7 Å². The Morgan fingerprint density at radius 1 is 0.471 bits per heavy atom. The Labute approximate surface area is 603 Å². The maximum absolute atomic E-state index is 14.4. The number of aromatic hydroxyl groups is 1. The van der Waals surface area contributed by atoms with Gasteiger partial charge in [-0.05, 0) is 142 Å². The van der Waals surface area contributed by atoms with E-state index in [9.17, 15) is 77.6 Å². The lowest BCUT2D eigenvalue weighted by Gasteiger charge is -2.33. The maximum atomic E-state index is 14.4. The largest absolute Gasteiger partial charge is 0.508 e. The van der Waals surface area contributed by atoms with Gasteiger partial charge in [-0.15, -0.1) is 0 Å². The number of phenolic OH excluding ortho intramolecular Hbond substituents is 1. The van der Waals surface area contributed by atoms with Crippen molar-refractivity contribution in [2.75, 3.05) is 45.0 Å². The molecule has 1 aromatic carbocycles. The number of nitrogens with two attached hydrogens (primary N) is 10. The molecular weight excluding hydrogens is 1370 g/mol. The lowest BCUT2D eigenvalue weighted by atomic mass is 9.99. The summed E-state index contributed by atoms with van der Waals surface area (Å²) in [6.07, 6.45) is -1.93. The Bertz CT molecular complexity index is 2980. The van der Waals surface area contributed by atoms with Crippen LogP contribution in [0.2, 0.25) is 0 Å². The third-order valence-corrected chi connectivity index (χ3v) is 16.0. The molecule has 0 heterocycles. The monoisotopic (exact) mass is 1480 g/mol. The van der Waals surface area contributed by atoms with Crippen LogP contribution in [0, 0.1) is 0 Å². The summed E-state index contributed by atoms with van der Waals surface area (Å²) >= 11 is 8.74. The fraction of sp³-hybridized carbons (Fsp3) is 0.656. The van der Waals surface area contributed by atoms with Gasteiger partial charge in [0.2, 0.25) is 70.9 Å². The van der Waals surface area contributed by atoms with Crippen LogP contribution in [0.1, 0.15) is 123 Å². The summed E-state index contributed by atoms with van der Waals surface area (Å²) in [6, 6.07) is -12.4. The van der Waals surface area contributed by atoms with E-state index in [0.717, 1.165) is 6.92 Å². The number of amides is 12. The van der Waals surface area contributed by atoms with Gasteiger partial charge >= 0.3 is 5.97 Å². The van der Waals surface area contributed by atoms with Crippen LogP contribution in [0.4, 0.5) is 0 Å². The molecule has 0 aromatic heterocycles. The second-order valence-corrected chi connectivity index (χ2v) is 26.1. The first-order valence-electron chi connectivity index (χ1n) is 33.3. The number of unbranched alkanes of at least 4 members (excludes halogenated alkanes) is 2. The van der Waals surface area contributed by atoms with Crippen LogP contribution >= 0.6 is 25.3 Å². The molecule has 0 spiro atoms. The van der Waals surface area contributed by atoms with Crippen LogP contribution < -0.4 is 116 Å². The number of aliphatic imine (C=N–C) groups is 2. The van der Waals surface area contributed by atoms with Gasteiger partial charge in [-0.25, -0.2) is 4.79 Å². The molecule has 576 valence electrons. The van der Waals surface area contributed by atoms with Crippen molar-refractivity contribution in [1.29, 1.82) is 0 Å². The number of nitrogens with zero attached hydrogens (tertiary/aromatic N) is 2. The number of aliphatic hydroxyl groups is 1. The van der Waals surface area contributed by atoms with Gasteiger partial charge in [-0.3, -0.25) is 67.5 Å². The van der Waals surface area contributed by atoms with E-state index in [-0.39, 0.29) is 133 Å². The Hall–Kier alpha value is -8.87. The van der Waals surface area contributed by atoms with E-state index < -0.39 is 167 Å². The molecule has 102 heavy (non-hydrogen) atoms. The van der Waals surface area contributed by atoms with Crippen molar-refractivity contribution in [1.82, 2.24) is 58.5 Å². The predicted molar refractivity (Wildman–Crippen MR) is 384 cm³/mol. The van der Waals surface area contributed by atoms with Gasteiger partial charge in [0.05, 0.1) is 18.6 Å². The van der Waals surface area contributed by atoms with Crippen LogP contribution in [-0.4, -0.2) is 232 Å². The van der Waals surface area contributed by atoms with Crippen molar-refractivity contribution in [3.8, 4) is 5.75 Å². The molecule has 41 heteroatoms. The van der Waals surface area contributed by atoms with Gasteiger partial charge in [0.1, 0.15) is 72.2 Å². The minimum Gasteiger partial charge on any atom is -0.508 e. The van der Waals surface area contributed by atoms with Crippen LogP contribution in [0.15, 0.2) is 34.3 Å². The first kappa shape index (κ1) is 91.1. The molecule has 0 radical (unpaired) electrons. The van der Waals surface area contributed by atoms with Gasteiger partial charge in [-0.1, -0.05) is 31.9 Å². The normalized spacial score (nSPS) is 15.0. The molecule has 1 rings (SSSR count). The zero-order chi connectivity index (χ0) is 77.4. The number of nitrogens with one attached hydrogen (secondary N) is 11. The van der Waals surface area contributed by atoms with E-state index >= 15 is 0 Å². The zero-order valence-electron chi connectivity index (χ0n) is 58.1. The summed E-state index contributed by atoms with van der Waals surface area (Å²) in [6.45, 7) is 5.27. The van der Waals surface area contributed by atoms with Crippen LogP contribution in [0.5, 0.6) is 5.75 Å². The number of benzene rings is 1. The molecule has 39 nitrogen and oxygen atoms in total. The first-order valence-corrected chi connectivity index (χ1v) is 34.4. The zero-order valence-corrected chi connectivity index (χ0v) is 59.9. The molecule has 0 aliphatic rings. The highest BCUT2D eigenvalue weighted by Gasteiger charge is 2.40. The van der Waals surface area contributed by atoms with Gasteiger partial charge in [0.15, 0.2) is 11.9 Å². The number of rotatable bonds is 51. The first-order chi connectivity index (χ1) is 48.0. The number of thiol groups is 2. The fourth-order valence-corrected chi connectivity index (χ4v) is 10.2. The summed E-state index contributed by atoms with van der Waals surface area (Å²) in [7, 11) is 0. The van der Waals surface area contributed by atoms with Gasteiger partial charge in [-0.2, -0.15) is 25.3 Å². The highest BCUT2D eigenvalue weighted by molar-refractivity contribution is 7.81. The molecule has 0 saturated heterocycles. The Balaban J connectivity index is 3.53. The number of carboxylic acids is 1. The van der Waals surface area contributed by atoms with Crippen molar-refractivity contribution >= 4 is 114 Å². The van der Waals surface area contributed by atoms with Crippen LogP contribution in [0.3, 0.4) is 0 Å². The van der Waals surface area contributed by atoms with Crippen molar-refractivity contribution in [2.45, 2.75) is 207 Å². The average Bonchev–Trinajstić information content (AvgIpc) is 0.853. The number of phenols is 1. The lowest BCUT2D eigenvalue weighted by Crippen LogP contribution is -2.63. The topological polar surface area (TPSA) is 700 Å². The van der Waals surface area contributed by atoms with Crippen molar-refractivity contribution < 1.29 is 77.6 Å². The van der Waals surface area contributed by atoms with E-state index in [4.69, 9.17) is 57.3 Å². The SMILES string of the molecule is CCCC[C@H](NC(=O)[C@H](CCCN=C(N)N)NC(=O)[C@H](CCN)NC(=O)[C@@H](NC(=O)[C@H](CCCCN)NC(=O)[C@@H](CCN)NC(=O)[C@@H](NC(=O)[C@H](CCN)NC(=O)[C@H](CCCN=C(N)N)NC(=O)[C@H](CC(N)=O)NC(=O)[C@H](CS)NC(=O)[C@@H](N)Cc1ccc(O)cc1)[C@@H](C)O)C(C)(C)S)C(=O)O. The van der Waals surface area contributed by atoms with E-state index in [1.807, 2.05) is 6.92 Å². The summed E-state index contributed by atoms with van der Waals surface area (Å²) in [5, 5.41) is 57.5. The fourth-order valence-electron chi connectivity index (χ4n) is 9.76. The number of guanidine groups is 2. The van der Waals surface area contributed by atoms with Crippen LogP contribution in [0.25, 0.3) is 0 Å². The number of hydrogen-bond donors (Lipinski definition) is 26. The summed E-state index contributed by atoms with van der Waals surface area (Å²) in [5.74, 6) is -14.3. The molecule has 12 amide bonds. The smallest absolute Gasteiger partial charge is 0.326 e. The predicted octanol–water partition coefficient (Wildman–Crippen LogP) is -8.95. The molecule has 0 aliphatic heterocycles.